The number of aryl methyl sites for hydroxylation is 1. The molecule has 0 spiro atoms. The van der Waals surface area contributed by atoms with Gasteiger partial charge >= 0.3 is 0 Å². The zero-order chi connectivity index (χ0) is 18.0. The normalized spacial score (nSPS) is 11.9. The Morgan fingerprint density at radius 3 is 2.30 bits per heavy atom. The second kappa shape index (κ2) is 5.45. The average Bonchev–Trinajstić information content (AvgIpc) is 3.24. The maximum Gasteiger partial charge on any atom is 0.0494 e. The maximum absolute atomic E-state index is 2.34. The number of hydrogen-bond acceptors (Lipinski definition) is 1. The van der Waals surface area contributed by atoms with E-state index in [2.05, 4.69) is 96.5 Å². The van der Waals surface area contributed by atoms with Gasteiger partial charge in [0.2, 0.25) is 0 Å². The minimum absolute atomic E-state index is 1.28. The van der Waals surface area contributed by atoms with Gasteiger partial charge < -0.3 is 4.57 Å². The van der Waals surface area contributed by atoms with Crippen molar-refractivity contribution in [2.24, 2.45) is 7.05 Å². The van der Waals surface area contributed by atoms with Crippen molar-refractivity contribution in [3.05, 3.63) is 84.9 Å². The van der Waals surface area contributed by atoms with Crippen LogP contribution in [0.5, 0.6) is 0 Å². The molecule has 0 unspecified atom stereocenters. The Morgan fingerprint density at radius 2 is 1.37 bits per heavy atom. The van der Waals surface area contributed by atoms with E-state index in [0.717, 1.165) is 0 Å². The minimum atomic E-state index is 1.28. The molecule has 0 N–H and O–H groups in total. The Labute approximate surface area is 161 Å². The molecule has 6 aromatic rings. The standard InChI is InChI=1S/C25H17NS/c1-26-22-11-4-2-7-18(22)19-14-13-16(15-23(19)26)17-9-6-10-21-20-8-3-5-12-24(20)27-25(17)21/h2-15H,1H3. The lowest BCUT2D eigenvalue weighted by Crippen LogP contribution is -1.87. The van der Waals surface area contributed by atoms with Gasteiger partial charge in [-0.05, 0) is 29.3 Å². The molecule has 0 atom stereocenters. The second-order valence-electron chi connectivity index (χ2n) is 7.09. The van der Waals surface area contributed by atoms with Crippen LogP contribution >= 0.6 is 11.3 Å². The summed E-state index contributed by atoms with van der Waals surface area (Å²) in [6, 6.07) is 30.9. The number of rotatable bonds is 1. The number of aromatic nitrogens is 1. The van der Waals surface area contributed by atoms with Crippen molar-refractivity contribution >= 4 is 53.3 Å². The van der Waals surface area contributed by atoms with Crippen molar-refractivity contribution in [1.29, 1.82) is 0 Å². The number of hydrogen-bond donors (Lipinski definition) is 0. The van der Waals surface area contributed by atoms with Gasteiger partial charge in [0.25, 0.3) is 0 Å². The third-order valence-corrected chi connectivity index (χ3v) is 6.85. The van der Waals surface area contributed by atoms with E-state index in [0.29, 0.717) is 0 Å². The highest BCUT2D eigenvalue weighted by Gasteiger charge is 2.12. The smallest absolute Gasteiger partial charge is 0.0494 e. The molecule has 27 heavy (non-hydrogen) atoms. The van der Waals surface area contributed by atoms with Crippen molar-refractivity contribution < 1.29 is 0 Å². The summed E-state index contributed by atoms with van der Waals surface area (Å²) in [5.74, 6) is 0. The van der Waals surface area contributed by atoms with E-state index < -0.39 is 0 Å². The summed E-state index contributed by atoms with van der Waals surface area (Å²) < 4.78 is 5.03. The Balaban J connectivity index is 1.68. The predicted molar refractivity (Wildman–Crippen MR) is 119 cm³/mol. The van der Waals surface area contributed by atoms with Crippen molar-refractivity contribution in [3.63, 3.8) is 0 Å². The fraction of sp³-hybridized carbons (Fsp3) is 0.0400. The van der Waals surface area contributed by atoms with Gasteiger partial charge in [-0.1, -0.05) is 66.7 Å². The van der Waals surface area contributed by atoms with E-state index in [-0.39, 0.29) is 0 Å². The molecule has 6 rings (SSSR count). The van der Waals surface area contributed by atoms with Crippen molar-refractivity contribution in [3.8, 4) is 11.1 Å². The van der Waals surface area contributed by atoms with Crippen LogP contribution in [0.3, 0.4) is 0 Å². The van der Waals surface area contributed by atoms with E-state index in [4.69, 9.17) is 0 Å². The van der Waals surface area contributed by atoms with Crippen LogP contribution in [-0.2, 0) is 7.05 Å². The molecule has 128 valence electrons. The Bertz CT molecular complexity index is 1480. The number of para-hydroxylation sites is 1. The molecule has 0 aliphatic carbocycles. The van der Waals surface area contributed by atoms with E-state index >= 15 is 0 Å². The Morgan fingerprint density at radius 1 is 0.630 bits per heavy atom. The summed E-state index contributed by atoms with van der Waals surface area (Å²) in [5.41, 5.74) is 5.17. The highest BCUT2D eigenvalue weighted by molar-refractivity contribution is 7.26. The molecule has 4 aromatic carbocycles. The fourth-order valence-corrected chi connectivity index (χ4v) is 5.54. The first-order chi connectivity index (χ1) is 13.3. The molecule has 0 radical (unpaired) electrons. The molecule has 0 aliphatic heterocycles. The van der Waals surface area contributed by atoms with Gasteiger partial charge in [-0.2, -0.15) is 0 Å². The lowest BCUT2D eigenvalue weighted by atomic mass is 10.0. The van der Waals surface area contributed by atoms with Crippen LogP contribution in [0, 0.1) is 0 Å². The molecule has 0 saturated carbocycles. The number of thiophene rings is 1. The van der Waals surface area contributed by atoms with E-state index in [9.17, 15) is 0 Å². The maximum atomic E-state index is 2.34. The summed E-state index contributed by atoms with van der Waals surface area (Å²) in [5, 5.41) is 5.34. The molecule has 2 aromatic heterocycles. The zero-order valence-electron chi connectivity index (χ0n) is 14.9. The third kappa shape index (κ3) is 2.05. The molecule has 2 heteroatoms. The largest absolute Gasteiger partial charge is 0.344 e. The summed E-state index contributed by atoms with van der Waals surface area (Å²) in [7, 11) is 2.16. The van der Waals surface area contributed by atoms with Crippen LogP contribution in [0.1, 0.15) is 0 Å². The van der Waals surface area contributed by atoms with Crippen LogP contribution in [-0.4, -0.2) is 4.57 Å². The van der Waals surface area contributed by atoms with Gasteiger partial charge in [0, 0.05) is 49.0 Å². The highest BCUT2D eigenvalue weighted by Crippen LogP contribution is 2.40. The minimum Gasteiger partial charge on any atom is -0.344 e. The monoisotopic (exact) mass is 363 g/mol. The van der Waals surface area contributed by atoms with Crippen LogP contribution in [0.2, 0.25) is 0 Å². The number of benzene rings is 4. The summed E-state index contributed by atoms with van der Waals surface area (Å²) >= 11 is 1.89. The summed E-state index contributed by atoms with van der Waals surface area (Å²) in [6.45, 7) is 0. The molecular formula is C25H17NS. The van der Waals surface area contributed by atoms with E-state index in [1.807, 2.05) is 11.3 Å². The molecule has 0 fully saturated rings. The fourth-order valence-electron chi connectivity index (χ4n) is 4.30. The molecule has 0 saturated heterocycles. The lowest BCUT2D eigenvalue weighted by Gasteiger charge is -2.05. The van der Waals surface area contributed by atoms with Crippen LogP contribution in [0.25, 0.3) is 53.1 Å². The average molecular weight is 363 g/mol. The predicted octanol–water partition coefficient (Wildman–Crippen LogP) is 7.37. The molecule has 0 aliphatic rings. The molecular weight excluding hydrogens is 346 g/mol. The van der Waals surface area contributed by atoms with E-state index in [1.54, 1.807) is 0 Å². The number of fused-ring (bicyclic) bond motifs is 6. The molecule has 0 amide bonds. The van der Waals surface area contributed by atoms with Crippen molar-refractivity contribution in [2.45, 2.75) is 0 Å². The number of nitrogens with zero attached hydrogens (tertiary/aromatic N) is 1. The first-order valence-electron chi connectivity index (χ1n) is 9.19. The van der Waals surface area contributed by atoms with Gasteiger partial charge in [-0.15, -0.1) is 11.3 Å². The Hall–Kier alpha value is -3.10. The van der Waals surface area contributed by atoms with Gasteiger partial charge in [-0.25, -0.2) is 0 Å². The van der Waals surface area contributed by atoms with Gasteiger partial charge in [0.15, 0.2) is 0 Å². The topological polar surface area (TPSA) is 4.93 Å². The zero-order valence-corrected chi connectivity index (χ0v) is 15.8. The van der Waals surface area contributed by atoms with Gasteiger partial charge in [0.1, 0.15) is 0 Å². The van der Waals surface area contributed by atoms with Gasteiger partial charge in [0.05, 0.1) is 0 Å². The quantitative estimate of drug-likeness (QED) is 0.287. The van der Waals surface area contributed by atoms with Crippen LogP contribution in [0.4, 0.5) is 0 Å². The second-order valence-corrected chi connectivity index (χ2v) is 8.14. The molecule has 0 bridgehead atoms. The van der Waals surface area contributed by atoms with Crippen molar-refractivity contribution in [2.75, 3.05) is 0 Å². The summed E-state index contributed by atoms with van der Waals surface area (Å²) in [6.07, 6.45) is 0. The summed E-state index contributed by atoms with van der Waals surface area (Å²) in [4.78, 5) is 0. The molecule has 2 heterocycles. The lowest BCUT2D eigenvalue weighted by molar-refractivity contribution is 1.01. The van der Waals surface area contributed by atoms with Crippen LogP contribution in [0.15, 0.2) is 84.9 Å². The van der Waals surface area contributed by atoms with Crippen LogP contribution < -0.4 is 0 Å². The van der Waals surface area contributed by atoms with E-state index in [1.165, 1.54) is 53.1 Å². The third-order valence-electron chi connectivity index (χ3n) is 5.63. The SMILES string of the molecule is Cn1c2ccccc2c2ccc(-c3cccc4c3sc3ccccc34)cc21. The first-order valence-corrected chi connectivity index (χ1v) is 10.0. The first kappa shape index (κ1) is 15.0. The highest BCUT2D eigenvalue weighted by atomic mass is 32.1. The van der Waals surface area contributed by atoms with Gasteiger partial charge in [-0.3, -0.25) is 0 Å². The Kier molecular flexibility index (Phi) is 3.03. The molecule has 1 nitrogen and oxygen atoms in total. The van der Waals surface area contributed by atoms with Crippen molar-refractivity contribution in [1.82, 2.24) is 4.57 Å².